The van der Waals surface area contributed by atoms with Crippen LogP contribution in [0.5, 0.6) is 0 Å². The Kier molecular flexibility index (Phi) is 4.62. The van der Waals surface area contributed by atoms with Crippen molar-refractivity contribution in [3.63, 3.8) is 0 Å². The van der Waals surface area contributed by atoms with E-state index in [-0.39, 0.29) is 11.2 Å². The van der Waals surface area contributed by atoms with E-state index in [1.54, 1.807) is 13.1 Å². The molecule has 1 aromatic heterocycles. The Bertz CT molecular complexity index is 339. The molecular weight excluding hydrogens is 208 g/mol. The first kappa shape index (κ1) is 12.0. The fourth-order valence-electron chi connectivity index (χ4n) is 1.27. The highest BCUT2D eigenvalue weighted by Crippen LogP contribution is 2.05. The first-order chi connectivity index (χ1) is 7.15. The second-order valence-corrected chi connectivity index (χ2v) is 4.13. The number of rotatable bonds is 4. The zero-order valence-electron chi connectivity index (χ0n) is 9.03. The van der Waals surface area contributed by atoms with Crippen molar-refractivity contribution in [2.75, 3.05) is 0 Å². The lowest BCUT2D eigenvalue weighted by molar-refractivity contribution is -0.120. The van der Waals surface area contributed by atoms with Crippen molar-refractivity contribution in [1.82, 2.24) is 10.3 Å². The molecule has 1 amide bonds. The number of hydrogen-bond donors (Lipinski definition) is 2. The molecule has 0 bridgehead atoms. The quantitative estimate of drug-likeness (QED) is 0.762. The number of amides is 1. The van der Waals surface area contributed by atoms with Crippen molar-refractivity contribution in [2.24, 2.45) is 0 Å². The normalized spacial score (nSPS) is 12.2. The minimum Gasteiger partial charge on any atom is -0.349 e. The van der Waals surface area contributed by atoms with E-state index in [0.29, 0.717) is 6.54 Å². The van der Waals surface area contributed by atoms with Crippen LogP contribution in [0.3, 0.4) is 0 Å². The summed E-state index contributed by atoms with van der Waals surface area (Å²) in [5.74, 6) is -0.0639. The van der Waals surface area contributed by atoms with E-state index in [2.05, 4.69) is 29.9 Å². The van der Waals surface area contributed by atoms with E-state index < -0.39 is 0 Å². The van der Waals surface area contributed by atoms with E-state index >= 15 is 0 Å². The molecule has 4 heteroatoms. The molecule has 15 heavy (non-hydrogen) atoms. The molecule has 0 spiro atoms. The molecule has 82 valence electrons. The van der Waals surface area contributed by atoms with Crippen LogP contribution in [0.25, 0.3) is 0 Å². The summed E-state index contributed by atoms with van der Waals surface area (Å²) < 4.78 is 0. The van der Waals surface area contributed by atoms with Gasteiger partial charge < -0.3 is 5.32 Å². The Morgan fingerprint density at radius 3 is 3.00 bits per heavy atom. The smallest absolute Gasteiger partial charge is 0.232 e. The number of hydrogen-bond acceptors (Lipinski definition) is 3. The van der Waals surface area contributed by atoms with E-state index in [1.807, 2.05) is 12.1 Å². The topological polar surface area (TPSA) is 42.0 Å². The van der Waals surface area contributed by atoms with Crippen LogP contribution in [0.4, 0.5) is 0 Å². The number of pyridine rings is 1. The van der Waals surface area contributed by atoms with Crippen molar-refractivity contribution in [2.45, 2.75) is 32.1 Å². The third-order valence-corrected chi connectivity index (χ3v) is 2.41. The largest absolute Gasteiger partial charge is 0.349 e. The maximum absolute atomic E-state index is 11.3. The van der Waals surface area contributed by atoms with Gasteiger partial charge in [-0.25, -0.2) is 0 Å². The molecule has 0 aliphatic heterocycles. The van der Waals surface area contributed by atoms with E-state index in [0.717, 1.165) is 12.1 Å². The molecule has 0 fully saturated rings. The molecule has 1 heterocycles. The summed E-state index contributed by atoms with van der Waals surface area (Å²) in [5, 5.41) is 2.52. The Balaban J connectivity index is 2.61. The summed E-state index contributed by atoms with van der Waals surface area (Å²) in [7, 11) is 0. The summed E-state index contributed by atoms with van der Waals surface area (Å²) in [5.41, 5.74) is 2.10. The fraction of sp³-hybridized carbons (Fsp3) is 0.455. The van der Waals surface area contributed by atoms with Gasteiger partial charge in [0.1, 0.15) is 0 Å². The molecule has 0 saturated heterocycles. The Hall–Kier alpha value is -1.03. The lowest BCUT2D eigenvalue weighted by Crippen LogP contribution is -2.29. The molecule has 0 aliphatic carbocycles. The molecule has 1 N–H and O–H groups in total. The second kappa shape index (κ2) is 5.75. The number of aryl methyl sites for hydroxylation is 1. The monoisotopic (exact) mass is 224 g/mol. The third-order valence-electron chi connectivity index (χ3n) is 2.17. The van der Waals surface area contributed by atoms with Crippen molar-refractivity contribution < 1.29 is 4.79 Å². The number of carbonyl (C=O) groups excluding carboxylic acids is 1. The maximum atomic E-state index is 11.3. The summed E-state index contributed by atoms with van der Waals surface area (Å²) in [4.78, 5) is 15.5. The Labute approximate surface area is 95.7 Å². The van der Waals surface area contributed by atoms with Gasteiger partial charge in [-0.15, -0.1) is 0 Å². The van der Waals surface area contributed by atoms with Gasteiger partial charge in [0.05, 0.1) is 17.5 Å². The van der Waals surface area contributed by atoms with Crippen molar-refractivity contribution in [3.05, 3.63) is 29.6 Å². The van der Waals surface area contributed by atoms with Gasteiger partial charge in [-0.3, -0.25) is 9.78 Å². The minimum absolute atomic E-state index is 0.0639. The molecule has 0 aliphatic rings. The summed E-state index contributed by atoms with van der Waals surface area (Å²) in [6.07, 6.45) is 2.67. The lowest BCUT2D eigenvalue weighted by atomic mass is 10.1. The standard InChI is InChI=1S/C11H16N2OS/c1-3-9-5-4-6-12-10(9)7-13-11(14)8(2)15/h4-6,8,15H,3,7H2,1-2H3,(H,13,14). The zero-order chi connectivity index (χ0) is 11.3. The van der Waals surface area contributed by atoms with Crippen LogP contribution in [0, 0.1) is 0 Å². The molecular formula is C11H16N2OS. The van der Waals surface area contributed by atoms with Crippen molar-refractivity contribution in [3.8, 4) is 0 Å². The molecule has 1 aromatic rings. The number of nitrogens with zero attached hydrogens (tertiary/aromatic N) is 1. The van der Waals surface area contributed by atoms with E-state index in [1.165, 1.54) is 5.56 Å². The van der Waals surface area contributed by atoms with Gasteiger partial charge in [0.15, 0.2) is 0 Å². The fourth-order valence-corrected chi connectivity index (χ4v) is 1.36. The molecule has 1 rings (SSSR count). The highest BCUT2D eigenvalue weighted by atomic mass is 32.1. The maximum Gasteiger partial charge on any atom is 0.232 e. The second-order valence-electron chi connectivity index (χ2n) is 3.36. The SMILES string of the molecule is CCc1cccnc1CNC(=O)C(C)S. The van der Waals surface area contributed by atoms with Crippen LogP contribution >= 0.6 is 12.6 Å². The number of carbonyl (C=O) groups is 1. The summed E-state index contributed by atoms with van der Waals surface area (Å²) in [6.45, 7) is 4.30. The summed E-state index contributed by atoms with van der Waals surface area (Å²) in [6, 6.07) is 3.93. The summed E-state index contributed by atoms with van der Waals surface area (Å²) >= 11 is 4.06. The van der Waals surface area contributed by atoms with Gasteiger partial charge in [0.2, 0.25) is 5.91 Å². The van der Waals surface area contributed by atoms with Gasteiger partial charge >= 0.3 is 0 Å². The predicted molar refractivity (Wildman–Crippen MR) is 63.9 cm³/mol. The molecule has 0 saturated carbocycles. The highest BCUT2D eigenvalue weighted by Gasteiger charge is 2.08. The molecule has 3 nitrogen and oxygen atoms in total. The Morgan fingerprint density at radius 2 is 2.40 bits per heavy atom. The molecule has 1 unspecified atom stereocenters. The van der Waals surface area contributed by atoms with Gasteiger partial charge in [0.25, 0.3) is 0 Å². The van der Waals surface area contributed by atoms with Crippen LogP contribution < -0.4 is 5.32 Å². The van der Waals surface area contributed by atoms with Crippen LogP contribution in [0.1, 0.15) is 25.1 Å². The van der Waals surface area contributed by atoms with Crippen LogP contribution in [-0.2, 0) is 17.8 Å². The highest BCUT2D eigenvalue weighted by molar-refractivity contribution is 7.81. The van der Waals surface area contributed by atoms with E-state index in [9.17, 15) is 4.79 Å². The van der Waals surface area contributed by atoms with E-state index in [4.69, 9.17) is 0 Å². The third kappa shape index (κ3) is 3.55. The van der Waals surface area contributed by atoms with Gasteiger partial charge in [-0.1, -0.05) is 13.0 Å². The molecule has 0 radical (unpaired) electrons. The first-order valence-electron chi connectivity index (χ1n) is 5.03. The van der Waals surface area contributed by atoms with Crippen molar-refractivity contribution in [1.29, 1.82) is 0 Å². The predicted octanol–water partition coefficient (Wildman–Crippen LogP) is 1.58. The number of thiol groups is 1. The van der Waals surface area contributed by atoms with Gasteiger partial charge in [-0.05, 0) is 25.0 Å². The zero-order valence-corrected chi connectivity index (χ0v) is 9.92. The van der Waals surface area contributed by atoms with Gasteiger partial charge in [-0.2, -0.15) is 12.6 Å². The van der Waals surface area contributed by atoms with Gasteiger partial charge in [0, 0.05) is 6.20 Å². The van der Waals surface area contributed by atoms with Crippen LogP contribution in [0.2, 0.25) is 0 Å². The molecule has 0 aromatic carbocycles. The van der Waals surface area contributed by atoms with Crippen LogP contribution in [0.15, 0.2) is 18.3 Å². The molecule has 1 atom stereocenters. The Morgan fingerprint density at radius 1 is 1.67 bits per heavy atom. The average Bonchev–Trinajstić information content (AvgIpc) is 2.26. The minimum atomic E-state index is -0.279. The number of nitrogens with one attached hydrogen (secondary N) is 1. The van der Waals surface area contributed by atoms with Crippen molar-refractivity contribution >= 4 is 18.5 Å². The number of aromatic nitrogens is 1. The van der Waals surface area contributed by atoms with Crippen LogP contribution in [-0.4, -0.2) is 16.1 Å². The lowest BCUT2D eigenvalue weighted by Gasteiger charge is -2.09. The average molecular weight is 224 g/mol. The first-order valence-corrected chi connectivity index (χ1v) is 5.55.